The minimum absolute atomic E-state index is 0.338. The minimum Gasteiger partial charge on any atom is -0.328 e. The lowest BCUT2D eigenvalue weighted by Gasteiger charge is -2.27. The average Bonchev–Trinajstić information content (AvgIpc) is 2.03. The van der Waals surface area contributed by atoms with Crippen molar-refractivity contribution in [2.45, 2.75) is 32.4 Å². The second kappa shape index (κ2) is 5.18. The molecule has 0 spiro atoms. The zero-order valence-electron chi connectivity index (χ0n) is 7.83. The first-order chi connectivity index (χ1) is 5.54. The number of nitrogens with zero attached hydrogens (tertiary/aromatic N) is 1. The molecule has 0 heterocycles. The molecule has 0 rings (SSSR count). The fourth-order valence-corrected chi connectivity index (χ4v) is 0.513. The summed E-state index contributed by atoms with van der Waals surface area (Å²) in [6.07, 6.45) is 0. The monoisotopic (exact) mass is 175 g/mol. The van der Waals surface area contributed by atoms with Crippen molar-refractivity contribution in [1.29, 1.82) is 0 Å². The molecule has 0 radical (unpaired) electrons. The fraction of sp³-hybridized carbons (Fsp3) is 1.00. The number of hydrogen-bond acceptors (Lipinski definition) is 5. The van der Waals surface area contributed by atoms with Crippen molar-refractivity contribution in [3.8, 4) is 0 Å². The molecule has 0 bridgehead atoms. The van der Waals surface area contributed by atoms with E-state index in [0.29, 0.717) is 13.2 Å². The van der Waals surface area contributed by atoms with Gasteiger partial charge >= 0.3 is 0 Å². The van der Waals surface area contributed by atoms with Crippen molar-refractivity contribution in [2.24, 2.45) is 10.9 Å². The Morgan fingerprint density at radius 1 is 1.67 bits per heavy atom. The van der Waals surface area contributed by atoms with Gasteiger partial charge in [0.15, 0.2) is 0 Å². The minimum atomic E-state index is -0.448. The molecule has 1 unspecified atom stereocenters. The topological polar surface area (TPSA) is 76.7 Å². The summed E-state index contributed by atoms with van der Waals surface area (Å²) in [5.41, 5.74) is 7.51. The smallest absolute Gasteiger partial charge is 0.109 e. The Bertz CT molecular complexity index is 139. The van der Waals surface area contributed by atoms with Crippen LogP contribution in [0.3, 0.4) is 0 Å². The molecule has 1 atom stereocenters. The lowest BCUT2D eigenvalue weighted by atomic mass is 9.98. The van der Waals surface area contributed by atoms with Crippen LogP contribution < -0.4 is 11.2 Å². The predicted octanol–water partition coefficient (Wildman–Crippen LogP) is 0.400. The Balaban J connectivity index is 3.77. The Labute approximate surface area is 72.6 Å². The van der Waals surface area contributed by atoms with Gasteiger partial charge in [-0.2, -0.15) is 10.4 Å². The maximum atomic E-state index is 10.2. The van der Waals surface area contributed by atoms with Gasteiger partial charge in [0.05, 0.1) is 12.1 Å². The van der Waals surface area contributed by atoms with Crippen molar-refractivity contribution in [2.75, 3.05) is 13.2 Å². The number of hydroxylamine groups is 1. The Morgan fingerprint density at radius 3 is 2.67 bits per heavy atom. The summed E-state index contributed by atoms with van der Waals surface area (Å²) < 4.78 is 0. The SMILES string of the molecule is CC(N=O)C(C)(C)NOCCN. The highest BCUT2D eigenvalue weighted by atomic mass is 16.6. The highest BCUT2D eigenvalue weighted by molar-refractivity contribution is 4.85. The van der Waals surface area contributed by atoms with E-state index in [1.54, 1.807) is 6.92 Å². The summed E-state index contributed by atoms with van der Waals surface area (Å²) in [5, 5.41) is 2.92. The van der Waals surface area contributed by atoms with E-state index in [2.05, 4.69) is 10.7 Å². The largest absolute Gasteiger partial charge is 0.328 e. The van der Waals surface area contributed by atoms with Gasteiger partial charge in [0, 0.05) is 6.54 Å². The lowest BCUT2D eigenvalue weighted by molar-refractivity contribution is -0.0140. The van der Waals surface area contributed by atoms with E-state index in [4.69, 9.17) is 10.6 Å². The van der Waals surface area contributed by atoms with Crippen molar-refractivity contribution in [3.05, 3.63) is 4.91 Å². The van der Waals surface area contributed by atoms with Crippen molar-refractivity contribution in [1.82, 2.24) is 5.48 Å². The normalized spacial score (nSPS) is 14.3. The lowest BCUT2D eigenvalue weighted by Crippen LogP contribution is -2.47. The Hall–Kier alpha value is -0.520. The first kappa shape index (κ1) is 11.5. The van der Waals surface area contributed by atoms with Crippen LogP contribution in [0.2, 0.25) is 0 Å². The summed E-state index contributed by atoms with van der Waals surface area (Å²) in [5.74, 6) is 0. The summed E-state index contributed by atoms with van der Waals surface area (Å²) in [4.78, 5) is 15.2. The third-order valence-electron chi connectivity index (χ3n) is 1.76. The summed E-state index contributed by atoms with van der Waals surface area (Å²) in [6, 6.07) is -0.338. The molecule has 72 valence electrons. The molecule has 3 N–H and O–H groups in total. The first-order valence-electron chi connectivity index (χ1n) is 3.96. The van der Waals surface area contributed by atoms with Crippen LogP contribution >= 0.6 is 0 Å². The van der Waals surface area contributed by atoms with Gasteiger partial charge in [0.1, 0.15) is 6.04 Å². The molecule has 12 heavy (non-hydrogen) atoms. The van der Waals surface area contributed by atoms with E-state index in [0.717, 1.165) is 0 Å². The molecule has 0 saturated heterocycles. The first-order valence-corrected chi connectivity index (χ1v) is 3.96. The van der Waals surface area contributed by atoms with Crippen LogP contribution in [0.1, 0.15) is 20.8 Å². The number of nitroso groups, excluding NO2 is 1. The molecule has 0 amide bonds. The molecule has 0 aliphatic carbocycles. The predicted molar refractivity (Wildman–Crippen MR) is 47.5 cm³/mol. The van der Waals surface area contributed by atoms with E-state index in [1.807, 2.05) is 13.8 Å². The number of hydrogen-bond donors (Lipinski definition) is 2. The zero-order chi connectivity index (χ0) is 9.61. The summed E-state index contributed by atoms with van der Waals surface area (Å²) >= 11 is 0. The molecule has 0 aromatic carbocycles. The zero-order valence-corrected chi connectivity index (χ0v) is 7.83. The highest BCUT2D eigenvalue weighted by Crippen LogP contribution is 2.11. The van der Waals surface area contributed by atoms with Crippen molar-refractivity contribution >= 4 is 0 Å². The third kappa shape index (κ3) is 3.75. The molecule has 0 fully saturated rings. The van der Waals surface area contributed by atoms with E-state index in [-0.39, 0.29) is 6.04 Å². The van der Waals surface area contributed by atoms with Crippen molar-refractivity contribution in [3.63, 3.8) is 0 Å². The second-order valence-corrected chi connectivity index (χ2v) is 3.24. The number of nitrogens with two attached hydrogens (primary N) is 1. The maximum absolute atomic E-state index is 10.2. The summed E-state index contributed by atoms with van der Waals surface area (Å²) in [6.45, 7) is 6.29. The van der Waals surface area contributed by atoms with Crippen LogP contribution in [-0.2, 0) is 4.84 Å². The van der Waals surface area contributed by atoms with Crippen LogP contribution in [0.4, 0.5) is 0 Å². The molecule has 0 aromatic rings. The molecular formula is C7H17N3O2. The van der Waals surface area contributed by atoms with E-state index < -0.39 is 5.54 Å². The highest BCUT2D eigenvalue weighted by Gasteiger charge is 2.26. The molecule has 5 nitrogen and oxygen atoms in total. The van der Waals surface area contributed by atoms with Gasteiger partial charge in [-0.15, -0.1) is 0 Å². The van der Waals surface area contributed by atoms with E-state index in [9.17, 15) is 4.91 Å². The quantitative estimate of drug-likeness (QED) is 0.348. The van der Waals surface area contributed by atoms with Gasteiger partial charge < -0.3 is 5.73 Å². The maximum Gasteiger partial charge on any atom is 0.109 e. The fourth-order valence-electron chi connectivity index (χ4n) is 0.513. The number of nitrogens with one attached hydrogen (secondary N) is 1. The van der Waals surface area contributed by atoms with E-state index >= 15 is 0 Å². The second-order valence-electron chi connectivity index (χ2n) is 3.24. The van der Waals surface area contributed by atoms with Crippen LogP contribution in [0.15, 0.2) is 5.18 Å². The molecular weight excluding hydrogens is 158 g/mol. The van der Waals surface area contributed by atoms with E-state index in [1.165, 1.54) is 0 Å². The van der Waals surface area contributed by atoms with Gasteiger partial charge in [-0.3, -0.25) is 4.84 Å². The average molecular weight is 175 g/mol. The molecule has 0 saturated carbocycles. The number of rotatable bonds is 6. The van der Waals surface area contributed by atoms with Crippen LogP contribution in [0.25, 0.3) is 0 Å². The van der Waals surface area contributed by atoms with Gasteiger partial charge in [-0.05, 0) is 20.8 Å². The van der Waals surface area contributed by atoms with Crippen LogP contribution in [0, 0.1) is 4.91 Å². The van der Waals surface area contributed by atoms with Gasteiger partial charge in [0.25, 0.3) is 0 Å². The van der Waals surface area contributed by atoms with Gasteiger partial charge in [-0.1, -0.05) is 5.18 Å². The molecule has 0 aliphatic heterocycles. The van der Waals surface area contributed by atoms with Crippen molar-refractivity contribution < 1.29 is 4.84 Å². The Morgan fingerprint density at radius 2 is 2.25 bits per heavy atom. The van der Waals surface area contributed by atoms with Crippen LogP contribution in [0.5, 0.6) is 0 Å². The van der Waals surface area contributed by atoms with Crippen LogP contribution in [-0.4, -0.2) is 24.7 Å². The van der Waals surface area contributed by atoms with Gasteiger partial charge in [0.2, 0.25) is 0 Å². The standard InChI is InChI=1S/C7H17N3O2/c1-6(9-11)7(2,3)10-12-5-4-8/h6,10H,4-5,8H2,1-3H3. The Kier molecular flexibility index (Phi) is 4.96. The third-order valence-corrected chi connectivity index (χ3v) is 1.76. The van der Waals surface area contributed by atoms with Gasteiger partial charge in [-0.25, -0.2) is 0 Å². The summed E-state index contributed by atoms with van der Waals surface area (Å²) in [7, 11) is 0. The molecule has 0 aromatic heterocycles. The molecule has 0 aliphatic rings. The molecule has 5 heteroatoms.